The van der Waals surface area contributed by atoms with Crippen LogP contribution in [0.25, 0.3) is 0 Å². The van der Waals surface area contributed by atoms with Gasteiger partial charge in [-0.15, -0.1) is 0 Å². The van der Waals surface area contributed by atoms with Gasteiger partial charge in [-0.1, -0.05) is 0 Å². The van der Waals surface area contributed by atoms with E-state index >= 15 is 0 Å². The van der Waals surface area contributed by atoms with Gasteiger partial charge in [-0.25, -0.2) is 0 Å². The van der Waals surface area contributed by atoms with Crippen molar-refractivity contribution in [2.75, 3.05) is 13.1 Å². The van der Waals surface area contributed by atoms with Crippen LogP contribution < -0.4 is 0 Å². The van der Waals surface area contributed by atoms with Gasteiger partial charge < -0.3 is 4.90 Å². The average molecular weight is 326 g/mol. The summed E-state index contributed by atoms with van der Waals surface area (Å²) < 4.78 is 1.81. The number of rotatable bonds is 4. The van der Waals surface area contributed by atoms with E-state index < -0.39 is 0 Å². The molecular formula is C19H26N4O. The summed E-state index contributed by atoms with van der Waals surface area (Å²) in [5.74, 6) is 0.755. The summed E-state index contributed by atoms with van der Waals surface area (Å²) in [6, 6.07) is 6.30. The molecule has 1 aliphatic rings. The Balaban J connectivity index is 1.58. The minimum Gasteiger partial charge on any atom is -0.337 e. The number of likely N-dealkylation sites (tertiary alicyclic amines) is 1. The van der Waals surface area contributed by atoms with Crippen molar-refractivity contribution in [2.45, 2.75) is 46.1 Å². The number of pyridine rings is 1. The van der Waals surface area contributed by atoms with E-state index in [1.54, 1.807) is 6.20 Å². The van der Waals surface area contributed by atoms with Gasteiger partial charge in [0.25, 0.3) is 5.91 Å². The molecule has 5 heteroatoms. The van der Waals surface area contributed by atoms with Crippen molar-refractivity contribution in [1.82, 2.24) is 19.7 Å². The van der Waals surface area contributed by atoms with E-state index in [0.717, 1.165) is 38.0 Å². The first-order valence-electron chi connectivity index (χ1n) is 8.79. The van der Waals surface area contributed by atoms with E-state index in [1.807, 2.05) is 42.6 Å². The highest BCUT2D eigenvalue weighted by Crippen LogP contribution is 2.23. The summed E-state index contributed by atoms with van der Waals surface area (Å²) in [6.45, 7) is 7.79. The molecule has 0 aromatic carbocycles. The summed E-state index contributed by atoms with van der Waals surface area (Å²) in [5.41, 5.74) is 3.13. The molecule has 0 N–H and O–H groups in total. The summed E-state index contributed by atoms with van der Waals surface area (Å²) >= 11 is 0. The number of aromatic nitrogens is 3. The number of aryl methyl sites for hydroxylation is 1. The number of carbonyl (C=O) groups excluding carboxylic acids is 1. The van der Waals surface area contributed by atoms with Gasteiger partial charge in [-0.3, -0.25) is 14.5 Å². The zero-order chi connectivity index (χ0) is 17.1. The lowest BCUT2D eigenvalue weighted by molar-refractivity contribution is 0.0676. The van der Waals surface area contributed by atoms with E-state index in [4.69, 9.17) is 0 Å². The second kappa shape index (κ2) is 7.16. The maximum Gasteiger partial charge on any atom is 0.272 e. The van der Waals surface area contributed by atoms with E-state index in [1.165, 1.54) is 5.56 Å². The predicted molar refractivity (Wildman–Crippen MR) is 93.9 cm³/mol. The van der Waals surface area contributed by atoms with Gasteiger partial charge in [0.05, 0.1) is 0 Å². The Morgan fingerprint density at radius 3 is 2.67 bits per heavy atom. The van der Waals surface area contributed by atoms with E-state index in [9.17, 15) is 4.79 Å². The topological polar surface area (TPSA) is 51.0 Å². The van der Waals surface area contributed by atoms with Gasteiger partial charge in [-0.2, -0.15) is 5.10 Å². The summed E-state index contributed by atoms with van der Waals surface area (Å²) in [6.07, 6.45) is 6.79. The SMILES string of the molecule is Cc1cc(CC2CCN(C(=O)c3ccnn3C(C)C)CC2)ccn1. The highest BCUT2D eigenvalue weighted by atomic mass is 16.2. The van der Waals surface area contributed by atoms with Crippen LogP contribution in [0, 0.1) is 12.8 Å². The molecule has 0 atom stereocenters. The van der Waals surface area contributed by atoms with Crippen molar-refractivity contribution in [3.63, 3.8) is 0 Å². The molecule has 0 unspecified atom stereocenters. The lowest BCUT2D eigenvalue weighted by Gasteiger charge is -2.32. The third-order valence-electron chi connectivity index (χ3n) is 4.77. The van der Waals surface area contributed by atoms with Crippen LogP contribution in [0.3, 0.4) is 0 Å². The molecule has 0 radical (unpaired) electrons. The molecule has 1 fully saturated rings. The number of hydrogen-bond donors (Lipinski definition) is 0. The molecule has 0 saturated carbocycles. The Bertz CT molecular complexity index is 699. The van der Waals surface area contributed by atoms with Crippen molar-refractivity contribution in [2.24, 2.45) is 5.92 Å². The first-order chi connectivity index (χ1) is 11.5. The first-order valence-corrected chi connectivity index (χ1v) is 8.79. The van der Waals surface area contributed by atoms with Crippen LogP contribution in [0.5, 0.6) is 0 Å². The van der Waals surface area contributed by atoms with Crippen LogP contribution in [-0.4, -0.2) is 38.7 Å². The fourth-order valence-corrected chi connectivity index (χ4v) is 3.46. The van der Waals surface area contributed by atoms with Gasteiger partial charge in [0, 0.05) is 37.2 Å². The highest BCUT2D eigenvalue weighted by Gasteiger charge is 2.26. The summed E-state index contributed by atoms with van der Waals surface area (Å²) in [5, 5.41) is 4.27. The van der Waals surface area contributed by atoms with E-state index in [2.05, 4.69) is 22.2 Å². The number of hydrogen-bond acceptors (Lipinski definition) is 3. The zero-order valence-corrected chi connectivity index (χ0v) is 14.8. The Morgan fingerprint density at radius 1 is 1.25 bits per heavy atom. The number of piperidine rings is 1. The Hall–Kier alpha value is -2.17. The zero-order valence-electron chi connectivity index (χ0n) is 14.8. The molecule has 1 saturated heterocycles. The normalized spacial score (nSPS) is 15.9. The molecular weight excluding hydrogens is 300 g/mol. The molecule has 3 rings (SSSR count). The molecule has 0 spiro atoms. The van der Waals surface area contributed by atoms with Crippen molar-refractivity contribution < 1.29 is 4.79 Å². The van der Waals surface area contributed by atoms with Gasteiger partial charge >= 0.3 is 0 Å². The second-order valence-electron chi connectivity index (χ2n) is 7.00. The van der Waals surface area contributed by atoms with Crippen LogP contribution in [0.4, 0.5) is 0 Å². The van der Waals surface area contributed by atoms with Crippen molar-refractivity contribution in [3.05, 3.63) is 47.5 Å². The lowest BCUT2D eigenvalue weighted by atomic mass is 9.90. The fraction of sp³-hybridized carbons (Fsp3) is 0.526. The molecule has 0 aliphatic carbocycles. The number of amides is 1. The monoisotopic (exact) mass is 326 g/mol. The molecule has 3 heterocycles. The minimum atomic E-state index is 0.111. The molecule has 5 nitrogen and oxygen atoms in total. The van der Waals surface area contributed by atoms with Crippen LogP contribution in [-0.2, 0) is 6.42 Å². The van der Waals surface area contributed by atoms with E-state index in [0.29, 0.717) is 11.6 Å². The van der Waals surface area contributed by atoms with Crippen molar-refractivity contribution in [3.8, 4) is 0 Å². The first kappa shape index (κ1) is 16.7. The molecule has 1 amide bonds. The minimum absolute atomic E-state index is 0.111. The van der Waals surface area contributed by atoms with Crippen LogP contribution in [0.15, 0.2) is 30.6 Å². The van der Waals surface area contributed by atoms with Crippen LogP contribution in [0.2, 0.25) is 0 Å². The second-order valence-corrected chi connectivity index (χ2v) is 7.00. The van der Waals surface area contributed by atoms with E-state index in [-0.39, 0.29) is 11.9 Å². The third kappa shape index (κ3) is 3.66. The van der Waals surface area contributed by atoms with Gasteiger partial charge in [0.15, 0.2) is 0 Å². The van der Waals surface area contributed by atoms with Crippen LogP contribution >= 0.6 is 0 Å². The van der Waals surface area contributed by atoms with Gasteiger partial charge in [0.2, 0.25) is 0 Å². The quantitative estimate of drug-likeness (QED) is 0.866. The lowest BCUT2D eigenvalue weighted by Crippen LogP contribution is -2.40. The Morgan fingerprint density at radius 2 is 2.00 bits per heavy atom. The molecule has 2 aromatic heterocycles. The summed E-state index contributed by atoms with van der Waals surface area (Å²) in [4.78, 5) is 19.0. The average Bonchev–Trinajstić information content (AvgIpc) is 3.05. The fourth-order valence-electron chi connectivity index (χ4n) is 3.46. The standard InChI is InChI=1S/C19H26N4O/c1-14(2)23-18(5-9-21-23)19(24)22-10-6-16(7-11-22)13-17-4-8-20-15(3)12-17/h4-5,8-9,12,14,16H,6-7,10-11,13H2,1-3H3. The molecule has 0 bridgehead atoms. The molecule has 1 aliphatic heterocycles. The van der Waals surface area contributed by atoms with Crippen LogP contribution in [0.1, 0.15) is 54.5 Å². The Labute approximate surface area is 143 Å². The molecule has 2 aromatic rings. The maximum atomic E-state index is 12.8. The third-order valence-corrected chi connectivity index (χ3v) is 4.77. The van der Waals surface area contributed by atoms with Crippen molar-refractivity contribution in [1.29, 1.82) is 0 Å². The molecule has 128 valence electrons. The Kier molecular flexibility index (Phi) is 4.97. The smallest absolute Gasteiger partial charge is 0.272 e. The summed E-state index contributed by atoms with van der Waals surface area (Å²) in [7, 11) is 0. The largest absolute Gasteiger partial charge is 0.337 e. The van der Waals surface area contributed by atoms with Gasteiger partial charge in [-0.05, 0) is 69.7 Å². The van der Waals surface area contributed by atoms with Gasteiger partial charge in [0.1, 0.15) is 5.69 Å². The predicted octanol–water partition coefficient (Wildman–Crippen LogP) is 3.26. The van der Waals surface area contributed by atoms with Crippen molar-refractivity contribution >= 4 is 5.91 Å². The number of carbonyl (C=O) groups is 1. The number of nitrogens with zero attached hydrogens (tertiary/aromatic N) is 4. The molecule has 24 heavy (non-hydrogen) atoms. The maximum absolute atomic E-state index is 12.8. The highest BCUT2D eigenvalue weighted by molar-refractivity contribution is 5.92.